The molecule has 4 heteroatoms. The summed E-state index contributed by atoms with van der Waals surface area (Å²) in [6, 6.07) is 11.5. The summed E-state index contributed by atoms with van der Waals surface area (Å²) in [6.07, 6.45) is 0. The number of rotatable bonds is 4. The van der Waals surface area contributed by atoms with Crippen molar-refractivity contribution in [2.24, 2.45) is 0 Å². The summed E-state index contributed by atoms with van der Waals surface area (Å²) in [5.41, 5.74) is 0.905. The number of thiophene rings is 1. The van der Waals surface area contributed by atoms with Gasteiger partial charge in [0.25, 0.3) is 0 Å². The number of hydrogen-bond acceptors (Lipinski definition) is 3. The Bertz CT molecular complexity index is 498. The third-order valence-electron chi connectivity index (χ3n) is 2.61. The maximum atomic E-state index is 9.64. The highest BCUT2D eigenvalue weighted by atomic mass is 35.5. The van der Waals surface area contributed by atoms with Crippen LogP contribution in [-0.4, -0.2) is 5.11 Å². The summed E-state index contributed by atoms with van der Waals surface area (Å²) < 4.78 is 0.802. The van der Waals surface area contributed by atoms with Crippen LogP contribution in [0, 0.1) is 0 Å². The first-order chi connectivity index (χ1) is 8.16. The molecule has 0 aliphatic carbocycles. The summed E-state index contributed by atoms with van der Waals surface area (Å²) >= 11 is 7.47. The third kappa shape index (κ3) is 3.22. The van der Waals surface area contributed by atoms with Crippen LogP contribution in [0.3, 0.4) is 0 Å². The number of para-hydroxylation sites is 1. The average molecular weight is 268 g/mol. The average Bonchev–Trinajstić information content (AvgIpc) is 2.74. The van der Waals surface area contributed by atoms with Crippen molar-refractivity contribution in [2.45, 2.75) is 19.5 Å². The highest BCUT2D eigenvalue weighted by Gasteiger charge is 2.08. The lowest BCUT2D eigenvalue weighted by Gasteiger charge is -2.12. The van der Waals surface area contributed by atoms with Gasteiger partial charge >= 0.3 is 0 Å². The molecule has 0 radical (unpaired) electrons. The normalized spacial score (nSPS) is 12.6. The fraction of sp³-hybridized carbons (Fsp3) is 0.231. The van der Waals surface area contributed by atoms with Gasteiger partial charge in [-0.05, 0) is 25.1 Å². The third-order valence-corrected chi connectivity index (χ3v) is 4.02. The number of phenolic OH excluding ortho intramolecular Hbond substituents is 1. The summed E-state index contributed by atoms with van der Waals surface area (Å²) in [5.74, 6) is 0.330. The predicted octanol–water partition coefficient (Wildman–Crippen LogP) is 3.96. The van der Waals surface area contributed by atoms with Gasteiger partial charge in [0.1, 0.15) is 5.75 Å². The largest absolute Gasteiger partial charge is 0.508 e. The minimum Gasteiger partial charge on any atom is -0.508 e. The van der Waals surface area contributed by atoms with E-state index in [1.165, 1.54) is 4.88 Å². The number of nitrogens with one attached hydrogen (secondary N) is 1. The molecule has 0 saturated heterocycles. The molecule has 2 N–H and O–H groups in total. The zero-order valence-electron chi connectivity index (χ0n) is 9.48. The number of halogens is 1. The molecule has 1 aromatic carbocycles. The first kappa shape index (κ1) is 12.4. The summed E-state index contributed by atoms with van der Waals surface area (Å²) in [5, 5.41) is 13.0. The number of phenols is 1. The van der Waals surface area contributed by atoms with Crippen molar-refractivity contribution in [1.82, 2.24) is 5.32 Å². The van der Waals surface area contributed by atoms with Crippen LogP contribution in [0.1, 0.15) is 23.4 Å². The Labute approximate surface area is 110 Å². The smallest absolute Gasteiger partial charge is 0.120 e. The van der Waals surface area contributed by atoms with E-state index in [1.54, 1.807) is 17.4 Å². The quantitative estimate of drug-likeness (QED) is 0.879. The standard InChI is InChI=1S/C13H14ClNOS/c1-9(12-6-7-13(14)17-12)15-8-10-4-2-3-5-11(10)16/h2-7,9,15-16H,8H2,1H3. The van der Waals surface area contributed by atoms with Gasteiger partial charge in [-0.2, -0.15) is 0 Å². The van der Waals surface area contributed by atoms with Gasteiger partial charge in [-0.25, -0.2) is 0 Å². The SMILES string of the molecule is CC(NCc1ccccc1O)c1ccc(Cl)s1. The molecular weight excluding hydrogens is 254 g/mol. The minimum absolute atomic E-state index is 0.229. The topological polar surface area (TPSA) is 32.3 Å². The Morgan fingerprint density at radius 2 is 2.06 bits per heavy atom. The summed E-state index contributed by atoms with van der Waals surface area (Å²) in [4.78, 5) is 1.20. The van der Waals surface area contributed by atoms with Gasteiger partial charge in [0.05, 0.1) is 4.34 Å². The number of hydrogen-bond donors (Lipinski definition) is 2. The van der Waals surface area contributed by atoms with Gasteiger partial charge in [-0.15, -0.1) is 11.3 Å². The van der Waals surface area contributed by atoms with Crippen LogP contribution < -0.4 is 5.32 Å². The summed E-state index contributed by atoms with van der Waals surface area (Å²) in [7, 11) is 0. The molecular formula is C13H14ClNOS. The molecule has 2 rings (SSSR count). The second kappa shape index (κ2) is 5.54. The van der Waals surface area contributed by atoms with Crippen molar-refractivity contribution in [3.63, 3.8) is 0 Å². The molecule has 0 spiro atoms. The first-order valence-electron chi connectivity index (χ1n) is 5.42. The molecule has 0 bridgehead atoms. The van der Waals surface area contributed by atoms with Gasteiger partial charge in [0.2, 0.25) is 0 Å². The zero-order valence-corrected chi connectivity index (χ0v) is 11.1. The molecule has 0 saturated carbocycles. The van der Waals surface area contributed by atoms with Crippen molar-refractivity contribution in [3.8, 4) is 5.75 Å². The van der Waals surface area contributed by atoms with Gasteiger partial charge in [-0.1, -0.05) is 29.8 Å². The van der Waals surface area contributed by atoms with Crippen LogP contribution in [-0.2, 0) is 6.54 Å². The molecule has 1 unspecified atom stereocenters. The fourth-order valence-corrected chi connectivity index (χ4v) is 2.67. The number of benzene rings is 1. The minimum atomic E-state index is 0.229. The van der Waals surface area contributed by atoms with Gasteiger partial charge in [0.15, 0.2) is 0 Å². The van der Waals surface area contributed by atoms with Crippen molar-refractivity contribution in [3.05, 3.63) is 51.2 Å². The van der Waals surface area contributed by atoms with Crippen molar-refractivity contribution in [1.29, 1.82) is 0 Å². The fourth-order valence-electron chi connectivity index (χ4n) is 1.58. The lowest BCUT2D eigenvalue weighted by atomic mass is 10.2. The van der Waals surface area contributed by atoms with E-state index < -0.39 is 0 Å². The molecule has 1 heterocycles. The lowest BCUT2D eigenvalue weighted by Crippen LogP contribution is -2.17. The highest BCUT2D eigenvalue weighted by Crippen LogP contribution is 2.27. The maximum absolute atomic E-state index is 9.64. The Morgan fingerprint density at radius 1 is 1.29 bits per heavy atom. The monoisotopic (exact) mass is 267 g/mol. The molecule has 0 amide bonds. The van der Waals surface area contributed by atoms with Gasteiger partial charge < -0.3 is 10.4 Å². The predicted molar refractivity (Wildman–Crippen MR) is 72.7 cm³/mol. The molecule has 17 heavy (non-hydrogen) atoms. The second-order valence-electron chi connectivity index (χ2n) is 3.87. The van der Waals surface area contributed by atoms with Gasteiger partial charge in [-0.3, -0.25) is 0 Å². The Hall–Kier alpha value is -1.03. The van der Waals surface area contributed by atoms with Crippen molar-refractivity contribution >= 4 is 22.9 Å². The van der Waals surface area contributed by atoms with Crippen LogP contribution in [0.15, 0.2) is 36.4 Å². The summed E-state index contributed by atoms with van der Waals surface area (Å²) in [6.45, 7) is 2.73. The second-order valence-corrected chi connectivity index (χ2v) is 5.62. The molecule has 1 aromatic heterocycles. The van der Waals surface area contributed by atoms with E-state index in [4.69, 9.17) is 11.6 Å². The van der Waals surface area contributed by atoms with Crippen molar-refractivity contribution < 1.29 is 5.11 Å². The van der Waals surface area contributed by atoms with Crippen LogP contribution >= 0.6 is 22.9 Å². The number of aromatic hydroxyl groups is 1. The lowest BCUT2D eigenvalue weighted by molar-refractivity contribution is 0.461. The first-order valence-corrected chi connectivity index (χ1v) is 6.62. The van der Waals surface area contributed by atoms with E-state index in [2.05, 4.69) is 12.2 Å². The Balaban J connectivity index is 1.97. The van der Waals surface area contributed by atoms with Crippen LogP contribution in [0.4, 0.5) is 0 Å². The maximum Gasteiger partial charge on any atom is 0.120 e. The molecule has 0 aliphatic rings. The Morgan fingerprint density at radius 3 is 2.71 bits per heavy atom. The molecule has 2 nitrogen and oxygen atoms in total. The van der Waals surface area contributed by atoms with Crippen LogP contribution in [0.5, 0.6) is 5.75 Å². The molecule has 0 fully saturated rings. The van der Waals surface area contributed by atoms with E-state index in [0.717, 1.165) is 9.90 Å². The molecule has 2 aromatic rings. The molecule has 1 atom stereocenters. The van der Waals surface area contributed by atoms with Crippen LogP contribution in [0.2, 0.25) is 4.34 Å². The van der Waals surface area contributed by atoms with E-state index in [9.17, 15) is 5.11 Å². The zero-order chi connectivity index (χ0) is 12.3. The van der Waals surface area contributed by atoms with E-state index >= 15 is 0 Å². The highest BCUT2D eigenvalue weighted by molar-refractivity contribution is 7.16. The molecule has 90 valence electrons. The van der Waals surface area contributed by atoms with Crippen LogP contribution in [0.25, 0.3) is 0 Å². The van der Waals surface area contributed by atoms with E-state index in [-0.39, 0.29) is 6.04 Å². The van der Waals surface area contributed by atoms with E-state index in [0.29, 0.717) is 12.3 Å². The van der Waals surface area contributed by atoms with Crippen molar-refractivity contribution in [2.75, 3.05) is 0 Å². The van der Waals surface area contributed by atoms with Gasteiger partial charge in [0, 0.05) is 23.0 Å². The Kier molecular flexibility index (Phi) is 4.05. The molecule has 0 aliphatic heterocycles. The van der Waals surface area contributed by atoms with E-state index in [1.807, 2.05) is 30.3 Å².